The molecule has 2 aromatic rings. The molecule has 21 heavy (non-hydrogen) atoms. The Balaban J connectivity index is 2.27. The van der Waals surface area contributed by atoms with Gasteiger partial charge in [0.05, 0.1) is 17.6 Å². The zero-order valence-electron chi connectivity index (χ0n) is 13.6. The van der Waals surface area contributed by atoms with Gasteiger partial charge in [-0.1, -0.05) is 6.92 Å². The molecule has 0 spiro atoms. The van der Waals surface area contributed by atoms with E-state index in [0.717, 1.165) is 43.0 Å². The summed E-state index contributed by atoms with van der Waals surface area (Å²) in [4.78, 5) is 4.82. The van der Waals surface area contributed by atoms with Crippen LogP contribution in [-0.4, -0.2) is 29.2 Å². The molecule has 0 fully saturated rings. The number of ether oxygens (including phenoxy) is 1. The number of nitrogens with zero attached hydrogens (tertiary/aromatic N) is 2. The second-order valence-electron chi connectivity index (χ2n) is 5.58. The fourth-order valence-corrected chi connectivity index (χ4v) is 2.64. The average Bonchev–Trinajstić information content (AvgIpc) is 2.81. The van der Waals surface area contributed by atoms with E-state index in [2.05, 4.69) is 36.7 Å². The predicted molar refractivity (Wildman–Crippen MR) is 88.2 cm³/mol. The van der Waals surface area contributed by atoms with E-state index in [-0.39, 0.29) is 0 Å². The molecule has 1 N–H and O–H groups in total. The van der Waals surface area contributed by atoms with Crippen LogP contribution in [0.4, 0.5) is 0 Å². The number of aromatic nitrogens is 2. The fourth-order valence-electron chi connectivity index (χ4n) is 2.64. The first-order valence-electron chi connectivity index (χ1n) is 8.01. The number of hydrogen-bond donors (Lipinski definition) is 1. The van der Waals surface area contributed by atoms with Gasteiger partial charge in [0.2, 0.25) is 0 Å². The number of fused-ring (bicyclic) bond motifs is 1. The van der Waals surface area contributed by atoms with Gasteiger partial charge in [-0.3, -0.25) is 0 Å². The molecule has 0 saturated heterocycles. The summed E-state index contributed by atoms with van der Waals surface area (Å²) in [5.74, 6) is 2.05. The first-order valence-corrected chi connectivity index (χ1v) is 8.01. The van der Waals surface area contributed by atoms with Gasteiger partial charge in [0.1, 0.15) is 11.6 Å². The normalized spacial score (nSPS) is 11.5. The lowest BCUT2D eigenvalue weighted by molar-refractivity contribution is 0.340. The molecule has 0 unspecified atom stereocenters. The van der Waals surface area contributed by atoms with Gasteiger partial charge in [-0.05, 0) is 45.9 Å². The summed E-state index contributed by atoms with van der Waals surface area (Å²) in [6, 6.07) is 6.61. The van der Waals surface area contributed by atoms with Crippen molar-refractivity contribution in [2.45, 2.75) is 46.6 Å². The van der Waals surface area contributed by atoms with E-state index >= 15 is 0 Å². The van der Waals surface area contributed by atoms with Crippen molar-refractivity contribution < 1.29 is 4.74 Å². The van der Waals surface area contributed by atoms with E-state index in [0.29, 0.717) is 12.6 Å². The van der Waals surface area contributed by atoms with Gasteiger partial charge in [0.25, 0.3) is 0 Å². The van der Waals surface area contributed by atoms with Crippen LogP contribution in [-0.2, 0) is 6.42 Å². The van der Waals surface area contributed by atoms with Crippen LogP contribution in [0, 0.1) is 0 Å². The van der Waals surface area contributed by atoms with Crippen LogP contribution in [0.25, 0.3) is 11.0 Å². The Morgan fingerprint density at radius 1 is 1.24 bits per heavy atom. The van der Waals surface area contributed by atoms with Gasteiger partial charge in [-0.25, -0.2) is 4.98 Å². The average molecular weight is 289 g/mol. The molecule has 0 atom stereocenters. The second kappa shape index (κ2) is 7.46. The molecular formula is C17H27N3O. The van der Waals surface area contributed by atoms with Gasteiger partial charge in [0.15, 0.2) is 0 Å². The quantitative estimate of drug-likeness (QED) is 0.755. The second-order valence-corrected chi connectivity index (χ2v) is 5.58. The minimum Gasteiger partial charge on any atom is -0.494 e. The summed E-state index contributed by atoms with van der Waals surface area (Å²) in [6.45, 7) is 11.3. The van der Waals surface area contributed by atoms with Crippen LogP contribution >= 0.6 is 0 Å². The molecular weight excluding hydrogens is 262 g/mol. The van der Waals surface area contributed by atoms with E-state index in [4.69, 9.17) is 9.72 Å². The van der Waals surface area contributed by atoms with E-state index in [1.165, 1.54) is 5.52 Å². The monoisotopic (exact) mass is 289 g/mol. The van der Waals surface area contributed by atoms with E-state index in [9.17, 15) is 0 Å². The zero-order valence-corrected chi connectivity index (χ0v) is 13.6. The third kappa shape index (κ3) is 3.76. The SMILES string of the molecule is CCCNCCc1nc2cc(OCC)ccc2n1C(C)C. The van der Waals surface area contributed by atoms with Crippen molar-refractivity contribution in [2.75, 3.05) is 19.7 Å². The van der Waals surface area contributed by atoms with Crippen molar-refractivity contribution in [3.05, 3.63) is 24.0 Å². The Kier molecular flexibility index (Phi) is 5.62. The minimum absolute atomic E-state index is 0.411. The van der Waals surface area contributed by atoms with Crippen molar-refractivity contribution in [3.8, 4) is 5.75 Å². The lowest BCUT2D eigenvalue weighted by Gasteiger charge is -2.13. The van der Waals surface area contributed by atoms with Gasteiger partial charge in [0, 0.05) is 25.1 Å². The zero-order chi connectivity index (χ0) is 15.2. The molecule has 1 aromatic carbocycles. The van der Waals surface area contributed by atoms with Crippen LogP contribution in [0.1, 0.15) is 46.0 Å². The smallest absolute Gasteiger partial charge is 0.121 e. The first-order chi connectivity index (χ1) is 10.2. The maximum Gasteiger partial charge on any atom is 0.121 e. The number of rotatable bonds is 8. The lowest BCUT2D eigenvalue weighted by Crippen LogP contribution is -2.20. The third-order valence-corrected chi connectivity index (χ3v) is 3.51. The van der Waals surface area contributed by atoms with Crippen LogP contribution in [0.5, 0.6) is 5.75 Å². The molecule has 0 aliphatic rings. The van der Waals surface area contributed by atoms with Crippen molar-refractivity contribution >= 4 is 11.0 Å². The Morgan fingerprint density at radius 2 is 2.05 bits per heavy atom. The molecule has 4 heteroatoms. The molecule has 0 radical (unpaired) electrons. The van der Waals surface area contributed by atoms with Crippen molar-refractivity contribution in [1.82, 2.24) is 14.9 Å². The molecule has 0 aliphatic heterocycles. The van der Waals surface area contributed by atoms with Gasteiger partial charge < -0.3 is 14.6 Å². The molecule has 0 bridgehead atoms. The summed E-state index contributed by atoms with van der Waals surface area (Å²) in [7, 11) is 0. The summed E-state index contributed by atoms with van der Waals surface area (Å²) < 4.78 is 7.91. The van der Waals surface area contributed by atoms with Crippen LogP contribution in [0.2, 0.25) is 0 Å². The summed E-state index contributed by atoms with van der Waals surface area (Å²) in [5.41, 5.74) is 2.22. The maximum absolute atomic E-state index is 5.58. The maximum atomic E-state index is 5.58. The summed E-state index contributed by atoms with van der Waals surface area (Å²) in [5, 5.41) is 3.45. The van der Waals surface area contributed by atoms with Crippen LogP contribution < -0.4 is 10.1 Å². The molecule has 1 heterocycles. The number of imidazole rings is 1. The van der Waals surface area contributed by atoms with Crippen LogP contribution in [0.3, 0.4) is 0 Å². The van der Waals surface area contributed by atoms with E-state index < -0.39 is 0 Å². The predicted octanol–water partition coefficient (Wildman–Crippen LogP) is 3.56. The topological polar surface area (TPSA) is 39.1 Å². The van der Waals surface area contributed by atoms with Gasteiger partial charge in [-0.2, -0.15) is 0 Å². The molecule has 4 nitrogen and oxygen atoms in total. The van der Waals surface area contributed by atoms with Crippen molar-refractivity contribution in [3.63, 3.8) is 0 Å². The fraction of sp³-hybridized carbons (Fsp3) is 0.588. The standard InChI is InChI=1S/C17H27N3O/c1-5-10-18-11-9-17-19-15-12-14(21-6-2)7-8-16(15)20(17)13(3)4/h7-8,12-13,18H,5-6,9-11H2,1-4H3. The summed E-state index contributed by atoms with van der Waals surface area (Å²) in [6.07, 6.45) is 2.12. The van der Waals surface area contributed by atoms with Crippen LogP contribution in [0.15, 0.2) is 18.2 Å². The largest absolute Gasteiger partial charge is 0.494 e. The van der Waals surface area contributed by atoms with Gasteiger partial charge >= 0.3 is 0 Å². The minimum atomic E-state index is 0.411. The number of nitrogens with one attached hydrogen (secondary N) is 1. The van der Waals surface area contributed by atoms with E-state index in [1.807, 2.05) is 19.1 Å². The number of hydrogen-bond acceptors (Lipinski definition) is 3. The molecule has 1 aromatic heterocycles. The number of benzene rings is 1. The highest BCUT2D eigenvalue weighted by Crippen LogP contribution is 2.25. The highest BCUT2D eigenvalue weighted by atomic mass is 16.5. The molecule has 0 amide bonds. The Hall–Kier alpha value is -1.55. The van der Waals surface area contributed by atoms with Gasteiger partial charge in [-0.15, -0.1) is 0 Å². The highest BCUT2D eigenvalue weighted by molar-refractivity contribution is 5.78. The third-order valence-electron chi connectivity index (χ3n) is 3.51. The Morgan fingerprint density at radius 3 is 2.71 bits per heavy atom. The summed E-state index contributed by atoms with van der Waals surface area (Å²) >= 11 is 0. The first kappa shape index (κ1) is 15.8. The van der Waals surface area contributed by atoms with Crippen molar-refractivity contribution in [2.24, 2.45) is 0 Å². The lowest BCUT2D eigenvalue weighted by atomic mass is 10.2. The highest BCUT2D eigenvalue weighted by Gasteiger charge is 2.13. The Labute approximate surface area is 127 Å². The van der Waals surface area contributed by atoms with E-state index in [1.54, 1.807) is 0 Å². The molecule has 0 saturated carbocycles. The van der Waals surface area contributed by atoms with Crippen molar-refractivity contribution in [1.29, 1.82) is 0 Å². The molecule has 2 rings (SSSR count). The molecule has 116 valence electrons. The molecule has 0 aliphatic carbocycles. The Bertz CT molecular complexity index is 575.